The molecule has 0 saturated carbocycles. The molecule has 1 aromatic carbocycles. The average Bonchev–Trinajstić information content (AvgIpc) is 2.81. The Morgan fingerprint density at radius 2 is 1.91 bits per heavy atom. The van der Waals surface area contributed by atoms with Crippen molar-refractivity contribution in [3.63, 3.8) is 0 Å². The topological polar surface area (TPSA) is 76.1 Å². The molecule has 5 nitrogen and oxygen atoms in total. The molecule has 0 aliphatic carbocycles. The monoisotopic (exact) mass is 342 g/mol. The van der Waals surface area contributed by atoms with Gasteiger partial charge >= 0.3 is 0 Å². The van der Waals surface area contributed by atoms with Crippen LogP contribution in [0.1, 0.15) is 33.9 Å². The number of aromatic nitrogens is 1. The van der Waals surface area contributed by atoms with Gasteiger partial charge in [0.15, 0.2) is 0 Å². The molecule has 0 aliphatic rings. The highest BCUT2D eigenvalue weighted by molar-refractivity contribution is 7.92. The fourth-order valence-electron chi connectivity index (χ4n) is 1.84. The number of thiazole rings is 1. The summed E-state index contributed by atoms with van der Waals surface area (Å²) >= 11 is 0.843. The van der Waals surface area contributed by atoms with Crippen LogP contribution in [0.2, 0.25) is 0 Å². The number of carbonyl (C=O) groups excluding carboxylic acids is 1. The van der Waals surface area contributed by atoms with Gasteiger partial charge in [0.2, 0.25) is 14.2 Å². The first-order valence-electron chi connectivity index (χ1n) is 6.42. The summed E-state index contributed by atoms with van der Waals surface area (Å²) in [7, 11) is -3.44. The lowest BCUT2D eigenvalue weighted by Crippen LogP contribution is -2.26. The number of rotatable bonds is 4. The number of nitrogens with zero attached hydrogens (tertiary/aromatic N) is 1. The molecule has 1 heterocycles. The van der Waals surface area contributed by atoms with Crippen molar-refractivity contribution in [2.75, 3.05) is 6.26 Å². The van der Waals surface area contributed by atoms with Crippen LogP contribution in [0.25, 0.3) is 0 Å². The fraction of sp³-hybridized carbons (Fsp3) is 0.286. The molecule has 0 bridgehead atoms. The van der Waals surface area contributed by atoms with E-state index in [1.54, 1.807) is 26.0 Å². The normalized spacial score (nSPS) is 12.9. The Balaban J connectivity index is 2.19. The van der Waals surface area contributed by atoms with Crippen LogP contribution in [-0.2, 0) is 9.84 Å². The van der Waals surface area contributed by atoms with Crippen molar-refractivity contribution in [1.82, 2.24) is 10.3 Å². The lowest BCUT2D eigenvalue weighted by atomic mass is 10.1. The zero-order valence-electron chi connectivity index (χ0n) is 12.3. The van der Waals surface area contributed by atoms with Crippen LogP contribution in [0.3, 0.4) is 0 Å². The van der Waals surface area contributed by atoms with Gasteiger partial charge in [-0.25, -0.2) is 17.8 Å². The Morgan fingerprint density at radius 1 is 1.32 bits per heavy atom. The second-order valence-corrected chi connectivity index (χ2v) is 8.10. The number of amides is 1. The summed E-state index contributed by atoms with van der Waals surface area (Å²) in [5.41, 5.74) is 1.12. The molecule has 0 aliphatic heterocycles. The summed E-state index contributed by atoms with van der Waals surface area (Å²) in [5, 5.41) is 2.75. The largest absolute Gasteiger partial charge is 0.345 e. The van der Waals surface area contributed by atoms with Gasteiger partial charge in [0.05, 0.1) is 11.7 Å². The Hall–Kier alpha value is -1.80. The zero-order valence-corrected chi connectivity index (χ0v) is 13.9. The van der Waals surface area contributed by atoms with Gasteiger partial charge in [0.1, 0.15) is 10.7 Å². The highest BCUT2D eigenvalue weighted by Crippen LogP contribution is 2.23. The first-order valence-corrected chi connectivity index (χ1v) is 9.13. The van der Waals surface area contributed by atoms with Crippen LogP contribution >= 0.6 is 11.3 Å². The standard InChI is InChI=1S/C14H15FN2O3S2/c1-8(10-4-6-11(15)7-5-10)16-13(18)12-9(2)17-14(21-12)22(3,19)20/h4-8H,1-3H3,(H,16,18). The number of halogens is 1. The van der Waals surface area contributed by atoms with E-state index < -0.39 is 15.7 Å². The van der Waals surface area contributed by atoms with Crippen molar-refractivity contribution in [2.24, 2.45) is 0 Å². The Bertz CT molecular complexity index is 798. The summed E-state index contributed by atoms with van der Waals surface area (Å²) < 4.78 is 35.8. The minimum atomic E-state index is -3.44. The predicted molar refractivity (Wildman–Crippen MR) is 82.2 cm³/mol. The van der Waals surface area contributed by atoms with Crippen LogP contribution in [0, 0.1) is 12.7 Å². The molecule has 0 radical (unpaired) electrons. The lowest BCUT2D eigenvalue weighted by molar-refractivity contribution is 0.0943. The first-order chi connectivity index (χ1) is 10.2. The highest BCUT2D eigenvalue weighted by Gasteiger charge is 2.21. The summed E-state index contributed by atoms with van der Waals surface area (Å²) in [6.45, 7) is 3.35. The van der Waals surface area contributed by atoms with E-state index in [4.69, 9.17) is 0 Å². The third-order valence-corrected chi connectivity index (χ3v) is 5.85. The van der Waals surface area contributed by atoms with Crippen molar-refractivity contribution < 1.29 is 17.6 Å². The van der Waals surface area contributed by atoms with E-state index in [9.17, 15) is 17.6 Å². The Morgan fingerprint density at radius 3 is 2.41 bits per heavy atom. The van der Waals surface area contributed by atoms with Crippen LogP contribution in [0.15, 0.2) is 28.6 Å². The zero-order chi connectivity index (χ0) is 16.5. The number of benzene rings is 1. The van der Waals surface area contributed by atoms with Crippen LogP contribution in [0.5, 0.6) is 0 Å². The molecule has 2 rings (SSSR count). The first kappa shape index (κ1) is 16.6. The molecular formula is C14H15FN2O3S2. The molecule has 0 fully saturated rings. The van der Waals surface area contributed by atoms with Gasteiger partial charge in [-0.3, -0.25) is 4.79 Å². The second-order valence-electron chi connectivity index (χ2n) is 4.91. The number of carbonyl (C=O) groups is 1. The predicted octanol–water partition coefficient (Wildman–Crippen LogP) is 2.49. The summed E-state index contributed by atoms with van der Waals surface area (Å²) in [6, 6.07) is 5.47. The quantitative estimate of drug-likeness (QED) is 0.926. The molecule has 1 unspecified atom stereocenters. The fourth-order valence-corrected chi connectivity index (χ4v) is 3.70. The SMILES string of the molecule is Cc1nc(S(C)(=O)=O)sc1C(=O)NC(C)c1ccc(F)cc1. The Labute approximate surface area is 132 Å². The molecular weight excluding hydrogens is 327 g/mol. The van der Waals surface area contributed by atoms with E-state index >= 15 is 0 Å². The van der Waals surface area contributed by atoms with Crippen molar-refractivity contribution in [1.29, 1.82) is 0 Å². The van der Waals surface area contributed by atoms with Gasteiger partial charge in [0.25, 0.3) is 5.91 Å². The maximum atomic E-state index is 12.9. The molecule has 1 atom stereocenters. The maximum Gasteiger partial charge on any atom is 0.263 e. The summed E-state index contributed by atoms with van der Waals surface area (Å²) in [5.74, 6) is -0.750. The van der Waals surface area contributed by atoms with E-state index in [0.29, 0.717) is 5.69 Å². The van der Waals surface area contributed by atoms with Gasteiger partial charge in [-0.15, -0.1) is 0 Å². The number of hydrogen-bond donors (Lipinski definition) is 1. The summed E-state index contributed by atoms with van der Waals surface area (Å²) in [6.07, 6.45) is 1.05. The number of aryl methyl sites for hydroxylation is 1. The molecule has 2 aromatic rings. The molecule has 0 spiro atoms. The molecule has 1 amide bonds. The second kappa shape index (κ2) is 6.13. The minimum Gasteiger partial charge on any atom is -0.345 e. The van der Waals surface area contributed by atoms with Gasteiger partial charge in [0, 0.05) is 6.26 Å². The molecule has 8 heteroatoms. The van der Waals surface area contributed by atoms with Gasteiger partial charge in [-0.05, 0) is 31.5 Å². The van der Waals surface area contributed by atoms with Crippen molar-refractivity contribution in [3.05, 3.63) is 46.2 Å². The van der Waals surface area contributed by atoms with E-state index in [0.717, 1.165) is 23.2 Å². The van der Waals surface area contributed by atoms with E-state index in [1.807, 2.05) is 0 Å². The van der Waals surface area contributed by atoms with Crippen LogP contribution in [-0.4, -0.2) is 25.6 Å². The number of sulfone groups is 1. The lowest BCUT2D eigenvalue weighted by Gasteiger charge is -2.13. The van der Waals surface area contributed by atoms with Gasteiger partial charge in [-0.1, -0.05) is 23.5 Å². The maximum absolute atomic E-state index is 12.9. The van der Waals surface area contributed by atoms with Gasteiger partial charge < -0.3 is 5.32 Å². The molecule has 1 N–H and O–H groups in total. The smallest absolute Gasteiger partial charge is 0.263 e. The molecule has 1 aromatic heterocycles. The van der Waals surface area contributed by atoms with Crippen LogP contribution < -0.4 is 5.32 Å². The molecule has 22 heavy (non-hydrogen) atoms. The highest BCUT2D eigenvalue weighted by atomic mass is 32.2. The van der Waals surface area contributed by atoms with Crippen molar-refractivity contribution in [2.45, 2.75) is 24.2 Å². The van der Waals surface area contributed by atoms with E-state index in [1.165, 1.54) is 12.1 Å². The number of hydrogen-bond acceptors (Lipinski definition) is 5. The summed E-state index contributed by atoms with van der Waals surface area (Å²) in [4.78, 5) is 16.4. The van der Waals surface area contributed by atoms with E-state index in [-0.39, 0.29) is 21.1 Å². The van der Waals surface area contributed by atoms with E-state index in [2.05, 4.69) is 10.3 Å². The Kier molecular flexibility index (Phi) is 4.62. The van der Waals surface area contributed by atoms with Gasteiger partial charge in [-0.2, -0.15) is 0 Å². The van der Waals surface area contributed by atoms with Crippen molar-refractivity contribution in [3.8, 4) is 0 Å². The third kappa shape index (κ3) is 3.69. The molecule has 0 saturated heterocycles. The third-order valence-electron chi connectivity index (χ3n) is 3.02. The number of nitrogens with one attached hydrogen (secondary N) is 1. The molecule has 118 valence electrons. The average molecular weight is 342 g/mol. The van der Waals surface area contributed by atoms with Crippen molar-refractivity contribution >= 4 is 27.1 Å². The van der Waals surface area contributed by atoms with Crippen LogP contribution in [0.4, 0.5) is 4.39 Å². The minimum absolute atomic E-state index is 0.0791.